The van der Waals surface area contributed by atoms with Gasteiger partial charge in [0.25, 0.3) is 0 Å². The zero-order valence-corrected chi connectivity index (χ0v) is 11.3. The second kappa shape index (κ2) is 8.03. The van der Waals surface area contributed by atoms with Crippen LogP contribution in [0.3, 0.4) is 0 Å². The van der Waals surface area contributed by atoms with Gasteiger partial charge in [0.05, 0.1) is 6.61 Å². The van der Waals surface area contributed by atoms with Crippen molar-refractivity contribution in [2.75, 3.05) is 40.5 Å². The summed E-state index contributed by atoms with van der Waals surface area (Å²) in [6.07, 6.45) is 6.00. The van der Waals surface area contributed by atoms with Gasteiger partial charge in [0.1, 0.15) is 0 Å². The first-order valence-corrected chi connectivity index (χ1v) is 6.68. The van der Waals surface area contributed by atoms with Crippen molar-refractivity contribution in [1.82, 2.24) is 5.32 Å². The van der Waals surface area contributed by atoms with Crippen molar-refractivity contribution in [3.63, 3.8) is 0 Å². The number of nitrogens with two attached hydrogens (primary N) is 1. The average molecular weight is 244 g/mol. The molecule has 4 nitrogen and oxygen atoms in total. The molecule has 1 aliphatic carbocycles. The van der Waals surface area contributed by atoms with Crippen LogP contribution in [0.25, 0.3) is 0 Å². The molecule has 102 valence electrons. The molecule has 3 N–H and O–H groups in total. The lowest BCUT2D eigenvalue weighted by Crippen LogP contribution is -2.38. The molecule has 1 atom stereocenters. The van der Waals surface area contributed by atoms with Crippen LogP contribution in [-0.4, -0.2) is 46.6 Å². The first kappa shape index (κ1) is 14.9. The summed E-state index contributed by atoms with van der Waals surface area (Å²) in [6.45, 7) is 3.51. The van der Waals surface area contributed by atoms with Crippen molar-refractivity contribution in [2.45, 2.75) is 38.1 Å². The zero-order valence-electron chi connectivity index (χ0n) is 11.3. The summed E-state index contributed by atoms with van der Waals surface area (Å²) in [5.41, 5.74) is 6.05. The van der Waals surface area contributed by atoms with Crippen molar-refractivity contribution in [3.8, 4) is 0 Å². The molecule has 1 rings (SSSR count). The average Bonchev–Trinajstić information content (AvgIpc) is 3.11. The molecule has 0 amide bonds. The number of hydrogen-bond donors (Lipinski definition) is 2. The fourth-order valence-electron chi connectivity index (χ4n) is 2.18. The Labute approximate surface area is 105 Å². The lowest BCUT2D eigenvalue weighted by molar-refractivity contribution is 0.148. The molecule has 0 heterocycles. The quantitative estimate of drug-likeness (QED) is 0.572. The van der Waals surface area contributed by atoms with Gasteiger partial charge in [0, 0.05) is 33.4 Å². The third-order valence-corrected chi connectivity index (χ3v) is 3.68. The van der Waals surface area contributed by atoms with Crippen molar-refractivity contribution in [3.05, 3.63) is 0 Å². The van der Waals surface area contributed by atoms with E-state index in [0.717, 1.165) is 39.1 Å². The standard InChI is InChI=1S/C13H28N2O2/c1-16-9-7-13(5-6-13)11-15-12(10-17-2)4-3-8-14/h12,15H,3-11,14H2,1-2H3. The summed E-state index contributed by atoms with van der Waals surface area (Å²) in [7, 11) is 3.54. The fraction of sp³-hybridized carbons (Fsp3) is 1.00. The van der Waals surface area contributed by atoms with E-state index in [1.165, 1.54) is 19.3 Å². The molecule has 4 heteroatoms. The Morgan fingerprint density at radius 3 is 2.59 bits per heavy atom. The molecular weight excluding hydrogens is 216 g/mol. The number of methoxy groups -OCH3 is 2. The van der Waals surface area contributed by atoms with Gasteiger partial charge in [-0.25, -0.2) is 0 Å². The largest absolute Gasteiger partial charge is 0.385 e. The molecule has 0 saturated heterocycles. The van der Waals surface area contributed by atoms with Crippen molar-refractivity contribution in [2.24, 2.45) is 11.1 Å². The molecule has 1 saturated carbocycles. The van der Waals surface area contributed by atoms with Gasteiger partial charge in [-0.1, -0.05) is 0 Å². The molecule has 17 heavy (non-hydrogen) atoms. The summed E-state index contributed by atoms with van der Waals surface area (Å²) in [5, 5.41) is 3.63. The van der Waals surface area contributed by atoms with Crippen LogP contribution in [-0.2, 0) is 9.47 Å². The summed E-state index contributed by atoms with van der Waals surface area (Å²) >= 11 is 0. The normalized spacial score (nSPS) is 19.2. The van der Waals surface area contributed by atoms with Crippen LogP contribution in [0.2, 0.25) is 0 Å². The maximum atomic E-state index is 5.55. The molecular formula is C13H28N2O2. The monoisotopic (exact) mass is 244 g/mol. The summed E-state index contributed by atoms with van der Waals surface area (Å²) < 4.78 is 10.4. The van der Waals surface area contributed by atoms with Crippen LogP contribution in [0.5, 0.6) is 0 Å². The van der Waals surface area contributed by atoms with Crippen molar-refractivity contribution >= 4 is 0 Å². The molecule has 0 bridgehead atoms. The Morgan fingerprint density at radius 2 is 2.06 bits per heavy atom. The fourth-order valence-corrected chi connectivity index (χ4v) is 2.18. The highest BCUT2D eigenvalue weighted by molar-refractivity contribution is 4.95. The van der Waals surface area contributed by atoms with Gasteiger partial charge in [-0.2, -0.15) is 0 Å². The highest BCUT2D eigenvalue weighted by Crippen LogP contribution is 2.48. The second-order valence-corrected chi connectivity index (χ2v) is 5.21. The number of nitrogens with one attached hydrogen (secondary N) is 1. The minimum atomic E-state index is 0.448. The Kier molecular flexibility index (Phi) is 7.04. The highest BCUT2D eigenvalue weighted by atomic mass is 16.5. The van der Waals surface area contributed by atoms with Gasteiger partial charge >= 0.3 is 0 Å². The molecule has 1 fully saturated rings. The van der Waals surface area contributed by atoms with E-state index in [2.05, 4.69) is 5.32 Å². The van der Waals surface area contributed by atoms with E-state index in [0.29, 0.717) is 11.5 Å². The first-order chi connectivity index (χ1) is 8.26. The van der Waals surface area contributed by atoms with Gasteiger partial charge in [-0.3, -0.25) is 0 Å². The molecule has 1 aliphatic rings. The molecule has 1 unspecified atom stereocenters. The molecule has 0 radical (unpaired) electrons. The summed E-state index contributed by atoms with van der Waals surface area (Å²) in [4.78, 5) is 0. The minimum absolute atomic E-state index is 0.448. The van der Waals surface area contributed by atoms with Gasteiger partial charge < -0.3 is 20.5 Å². The third kappa shape index (κ3) is 5.82. The predicted molar refractivity (Wildman–Crippen MR) is 70.1 cm³/mol. The van der Waals surface area contributed by atoms with Gasteiger partial charge in [0.2, 0.25) is 0 Å². The number of ether oxygens (including phenoxy) is 2. The van der Waals surface area contributed by atoms with E-state index < -0.39 is 0 Å². The Hall–Kier alpha value is -0.160. The maximum absolute atomic E-state index is 5.55. The predicted octanol–water partition coefficient (Wildman–Crippen LogP) is 1.15. The third-order valence-electron chi connectivity index (χ3n) is 3.68. The topological polar surface area (TPSA) is 56.5 Å². The lowest BCUT2D eigenvalue weighted by atomic mass is 10.0. The smallest absolute Gasteiger partial charge is 0.0615 e. The van der Waals surface area contributed by atoms with Crippen LogP contribution < -0.4 is 11.1 Å². The van der Waals surface area contributed by atoms with Crippen LogP contribution in [0.1, 0.15) is 32.1 Å². The molecule has 0 aromatic carbocycles. The van der Waals surface area contributed by atoms with E-state index in [4.69, 9.17) is 15.2 Å². The Morgan fingerprint density at radius 1 is 1.29 bits per heavy atom. The SMILES string of the molecule is COCCC1(CNC(CCCN)COC)CC1. The van der Waals surface area contributed by atoms with Crippen molar-refractivity contribution < 1.29 is 9.47 Å². The summed E-state index contributed by atoms with van der Waals surface area (Å²) in [6, 6.07) is 0.448. The minimum Gasteiger partial charge on any atom is -0.385 e. The van der Waals surface area contributed by atoms with Crippen molar-refractivity contribution in [1.29, 1.82) is 0 Å². The van der Waals surface area contributed by atoms with E-state index in [9.17, 15) is 0 Å². The Bertz CT molecular complexity index is 196. The van der Waals surface area contributed by atoms with Gasteiger partial charge in [-0.15, -0.1) is 0 Å². The zero-order chi connectivity index (χ0) is 12.6. The molecule has 0 aromatic heterocycles. The molecule has 0 spiro atoms. The van der Waals surface area contributed by atoms with E-state index >= 15 is 0 Å². The molecule has 0 aromatic rings. The maximum Gasteiger partial charge on any atom is 0.0615 e. The van der Waals surface area contributed by atoms with Crippen LogP contribution in [0, 0.1) is 5.41 Å². The summed E-state index contributed by atoms with van der Waals surface area (Å²) in [5.74, 6) is 0. The second-order valence-electron chi connectivity index (χ2n) is 5.21. The van der Waals surface area contributed by atoms with Crippen LogP contribution in [0.4, 0.5) is 0 Å². The highest BCUT2D eigenvalue weighted by Gasteiger charge is 2.41. The van der Waals surface area contributed by atoms with Gasteiger partial charge in [0.15, 0.2) is 0 Å². The van der Waals surface area contributed by atoms with E-state index in [1.54, 1.807) is 14.2 Å². The first-order valence-electron chi connectivity index (χ1n) is 6.68. The van der Waals surface area contributed by atoms with E-state index in [1.807, 2.05) is 0 Å². The van der Waals surface area contributed by atoms with Crippen LogP contribution >= 0.6 is 0 Å². The number of hydrogen-bond acceptors (Lipinski definition) is 4. The van der Waals surface area contributed by atoms with Gasteiger partial charge in [-0.05, 0) is 44.1 Å². The van der Waals surface area contributed by atoms with Crippen LogP contribution in [0.15, 0.2) is 0 Å². The lowest BCUT2D eigenvalue weighted by Gasteiger charge is -2.22. The number of rotatable bonds is 11. The molecule has 0 aliphatic heterocycles. The Balaban J connectivity index is 2.20. The van der Waals surface area contributed by atoms with E-state index in [-0.39, 0.29) is 0 Å².